The van der Waals surface area contributed by atoms with Gasteiger partial charge in [-0.3, -0.25) is 9.69 Å². The van der Waals surface area contributed by atoms with Crippen LogP contribution in [0.5, 0.6) is 0 Å². The molecule has 0 aromatic heterocycles. The first kappa shape index (κ1) is 16.0. The van der Waals surface area contributed by atoms with Crippen LogP contribution in [0.1, 0.15) is 38.3 Å². The first-order valence-corrected chi connectivity index (χ1v) is 7.95. The molecule has 1 saturated heterocycles. The highest BCUT2D eigenvalue weighted by atomic mass is 16.2. The quantitative estimate of drug-likeness (QED) is 0.903. The zero-order chi connectivity index (χ0) is 15.5. The summed E-state index contributed by atoms with van der Waals surface area (Å²) in [6.45, 7) is 11.4. The number of amides is 1. The van der Waals surface area contributed by atoms with E-state index in [-0.39, 0.29) is 11.9 Å². The maximum atomic E-state index is 12.3. The lowest BCUT2D eigenvalue weighted by atomic mass is 9.93. The van der Waals surface area contributed by atoms with Crippen LogP contribution in [0.25, 0.3) is 0 Å². The molecule has 3 heteroatoms. The van der Waals surface area contributed by atoms with E-state index in [9.17, 15) is 4.79 Å². The highest BCUT2D eigenvalue weighted by molar-refractivity contribution is 5.81. The van der Waals surface area contributed by atoms with Gasteiger partial charge >= 0.3 is 0 Å². The van der Waals surface area contributed by atoms with Gasteiger partial charge in [0.15, 0.2) is 0 Å². The van der Waals surface area contributed by atoms with E-state index in [1.165, 1.54) is 17.5 Å². The molecule has 1 amide bonds. The van der Waals surface area contributed by atoms with E-state index in [0.717, 1.165) is 19.5 Å². The third kappa shape index (κ3) is 4.31. The zero-order valence-electron chi connectivity index (χ0n) is 13.8. The Morgan fingerprint density at radius 2 is 2.10 bits per heavy atom. The van der Waals surface area contributed by atoms with Gasteiger partial charge in [-0.05, 0) is 49.8 Å². The molecule has 116 valence electrons. The number of hydrogen-bond donors (Lipinski definition) is 1. The summed E-state index contributed by atoms with van der Waals surface area (Å²) < 4.78 is 0. The van der Waals surface area contributed by atoms with Crippen LogP contribution in [0.3, 0.4) is 0 Å². The van der Waals surface area contributed by atoms with E-state index in [2.05, 4.69) is 55.3 Å². The molecule has 2 rings (SSSR count). The lowest BCUT2D eigenvalue weighted by molar-refractivity contribution is -0.125. The summed E-state index contributed by atoms with van der Waals surface area (Å²) in [6, 6.07) is 8.33. The van der Waals surface area contributed by atoms with Gasteiger partial charge in [-0.15, -0.1) is 0 Å². The molecular formula is C18H28N2O. The molecule has 0 spiro atoms. The molecule has 1 aromatic rings. The van der Waals surface area contributed by atoms with Crippen molar-refractivity contribution in [3.05, 3.63) is 35.4 Å². The number of carbonyl (C=O) groups excluding carboxylic acids is 1. The normalized spacial score (nSPS) is 19.4. The van der Waals surface area contributed by atoms with Gasteiger partial charge < -0.3 is 5.32 Å². The van der Waals surface area contributed by atoms with Gasteiger partial charge in [0.05, 0.1) is 6.04 Å². The Hall–Kier alpha value is -1.35. The highest BCUT2D eigenvalue weighted by Gasteiger charge is 2.33. The third-order valence-electron chi connectivity index (χ3n) is 4.59. The Morgan fingerprint density at radius 3 is 2.71 bits per heavy atom. The zero-order valence-corrected chi connectivity index (χ0v) is 13.8. The average Bonchev–Trinajstić information content (AvgIpc) is 2.80. The lowest BCUT2D eigenvalue weighted by Gasteiger charge is -2.25. The third-order valence-corrected chi connectivity index (χ3v) is 4.59. The summed E-state index contributed by atoms with van der Waals surface area (Å²) in [5.74, 6) is 0.154. The van der Waals surface area contributed by atoms with Crippen LogP contribution in [-0.2, 0) is 11.2 Å². The SMILES string of the molecule is Cc1ccccc1CCNC(=O)C(C)N1CCC(C)(C)C1. The molecular weight excluding hydrogens is 260 g/mol. The summed E-state index contributed by atoms with van der Waals surface area (Å²) in [7, 11) is 0. The molecule has 0 bridgehead atoms. The second-order valence-electron chi connectivity index (χ2n) is 7.03. The van der Waals surface area contributed by atoms with Crippen molar-refractivity contribution in [3.63, 3.8) is 0 Å². The summed E-state index contributed by atoms with van der Waals surface area (Å²) in [5.41, 5.74) is 2.95. The lowest BCUT2D eigenvalue weighted by Crippen LogP contribution is -2.45. The second-order valence-corrected chi connectivity index (χ2v) is 7.03. The molecule has 0 radical (unpaired) electrons. The molecule has 3 nitrogen and oxygen atoms in total. The number of nitrogens with one attached hydrogen (secondary N) is 1. The first-order valence-electron chi connectivity index (χ1n) is 7.95. The van der Waals surface area contributed by atoms with Gasteiger partial charge in [0.1, 0.15) is 0 Å². The van der Waals surface area contributed by atoms with Gasteiger partial charge in [-0.25, -0.2) is 0 Å². The Morgan fingerprint density at radius 1 is 1.38 bits per heavy atom. The van der Waals surface area contributed by atoms with E-state index in [4.69, 9.17) is 0 Å². The average molecular weight is 288 g/mol. The Kier molecular flexibility index (Phi) is 5.04. The molecule has 1 atom stereocenters. The molecule has 1 aliphatic heterocycles. The maximum absolute atomic E-state index is 12.3. The van der Waals surface area contributed by atoms with Crippen molar-refractivity contribution < 1.29 is 4.79 Å². The van der Waals surface area contributed by atoms with E-state index in [0.29, 0.717) is 12.0 Å². The summed E-state index contributed by atoms with van der Waals surface area (Å²) in [6.07, 6.45) is 2.07. The van der Waals surface area contributed by atoms with Gasteiger partial charge in [-0.1, -0.05) is 38.1 Å². The molecule has 1 unspecified atom stereocenters. The van der Waals surface area contributed by atoms with E-state index < -0.39 is 0 Å². The minimum absolute atomic E-state index is 0.0244. The number of nitrogens with zero attached hydrogens (tertiary/aromatic N) is 1. The molecule has 1 aromatic carbocycles. The van der Waals surface area contributed by atoms with Crippen LogP contribution in [0, 0.1) is 12.3 Å². The standard InChI is InChI=1S/C18H28N2O/c1-14-7-5-6-8-16(14)9-11-19-17(21)15(2)20-12-10-18(3,4)13-20/h5-8,15H,9-13H2,1-4H3,(H,19,21). The van der Waals surface area contributed by atoms with Crippen LogP contribution in [0.4, 0.5) is 0 Å². The molecule has 1 heterocycles. The minimum Gasteiger partial charge on any atom is -0.354 e. The van der Waals surface area contributed by atoms with Crippen molar-refractivity contribution in [2.24, 2.45) is 5.41 Å². The molecule has 21 heavy (non-hydrogen) atoms. The second kappa shape index (κ2) is 6.61. The first-order chi connectivity index (χ1) is 9.89. The van der Waals surface area contributed by atoms with E-state index in [1.54, 1.807) is 0 Å². The van der Waals surface area contributed by atoms with Crippen LogP contribution in [0.2, 0.25) is 0 Å². The molecule has 1 N–H and O–H groups in total. The van der Waals surface area contributed by atoms with Gasteiger partial charge in [-0.2, -0.15) is 0 Å². The van der Waals surface area contributed by atoms with Gasteiger partial charge in [0.25, 0.3) is 0 Å². The van der Waals surface area contributed by atoms with E-state index in [1.807, 2.05) is 6.92 Å². The number of carbonyl (C=O) groups is 1. The predicted molar refractivity (Wildman–Crippen MR) is 87.3 cm³/mol. The Bertz CT molecular complexity index is 496. The molecule has 0 aliphatic carbocycles. The summed E-state index contributed by atoms with van der Waals surface area (Å²) in [4.78, 5) is 14.6. The molecule has 1 aliphatic rings. The number of hydrogen-bond acceptors (Lipinski definition) is 2. The molecule has 0 saturated carbocycles. The van der Waals surface area contributed by atoms with Crippen molar-refractivity contribution >= 4 is 5.91 Å². The number of benzene rings is 1. The van der Waals surface area contributed by atoms with Crippen LogP contribution < -0.4 is 5.32 Å². The number of rotatable bonds is 5. The highest BCUT2D eigenvalue weighted by Crippen LogP contribution is 2.29. The topological polar surface area (TPSA) is 32.3 Å². The minimum atomic E-state index is -0.0244. The fourth-order valence-corrected chi connectivity index (χ4v) is 3.01. The van der Waals surface area contributed by atoms with Gasteiger partial charge in [0.2, 0.25) is 5.91 Å². The van der Waals surface area contributed by atoms with Crippen LogP contribution >= 0.6 is 0 Å². The number of aryl methyl sites for hydroxylation is 1. The summed E-state index contributed by atoms with van der Waals surface area (Å²) in [5, 5.41) is 3.08. The Labute approximate surface area is 128 Å². The van der Waals surface area contributed by atoms with Crippen molar-refractivity contribution in [2.45, 2.75) is 46.6 Å². The smallest absolute Gasteiger partial charge is 0.237 e. The predicted octanol–water partition coefficient (Wildman–Crippen LogP) is 2.77. The van der Waals surface area contributed by atoms with Crippen molar-refractivity contribution in [1.82, 2.24) is 10.2 Å². The summed E-state index contributed by atoms with van der Waals surface area (Å²) >= 11 is 0. The fourth-order valence-electron chi connectivity index (χ4n) is 3.01. The monoisotopic (exact) mass is 288 g/mol. The maximum Gasteiger partial charge on any atom is 0.237 e. The van der Waals surface area contributed by atoms with E-state index >= 15 is 0 Å². The molecule has 1 fully saturated rings. The van der Waals surface area contributed by atoms with Gasteiger partial charge in [0, 0.05) is 13.1 Å². The van der Waals surface area contributed by atoms with Crippen molar-refractivity contribution in [3.8, 4) is 0 Å². The fraction of sp³-hybridized carbons (Fsp3) is 0.611. The van der Waals surface area contributed by atoms with Crippen LogP contribution in [0.15, 0.2) is 24.3 Å². The van der Waals surface area contributed by atoms with Crippen molar-refractivity contribution in [1.29, 1.82) is 0 Å². The Balaban J connectivity index is 1.78. The number of likely N-dealkylation sites (tertiary alicyclic amines) is 1. The van der Waals surface area contributed by atoms with Crippen LogP contribution in [-0.4, -0.2) is 36.5 Å². The van der Waals surface area contributed by atoms with Crippen molar-refractivity contribution in [2.75, 3.05) is 19.6 Å². The largest absolute Gasteiger partial charge is 0.354 e.